The van der Waals surface area contributed by atoms with Crippen LogP contribution in [0.5, 0.6) is 0 Å². The van der Waals surface area contributed by atoms with Crippen LogP contribution in [0.4, 0.5) is 15.8 Å². The van der Waals surface area contributed by atoms with Crippen LogP contribution < -0.4 is 5.32 Å². The molecule has 1 aromatic heterocycles. The molecule has 1 fully saturated rings. The Kier molecular flexibility index (Phi) is 7.53. The number of nitro benzene ring substituents is 1. The number of piperidine rings is 1. The fourth-order valence-corrected chi connectivity index (χ4v) is 4.65. The zero-order chi connectivity index (χ0) is 24.1. The Morgan fingerprint density at radius 1 is 1.12 bits per heavy atom. The van der Waals surface area contributed by atoms with Crippen molar-refractivity contribution in [3.63, 3.8) is 0 Å². The largest absolute Gasteiger partial charge is 0.325 e. The van der Waals surface area contributed by atoms with Crippen molar-refractivity contribution in [2.45, 2.75) is 43.1 Å². The second kappa shape index (κ2) is 10.7. The molecule has 34 heavy (non-hydrogen) atoms. The molecule has 1 saturated heterocycles. The molecular weight excluding hydrogens is 459 g/mol. The highest BCUT2D eigenvalue weighted by Crippen LogP contribution is 2.28. The summed E-state index contributed by atoms with van der Waals surface area (Å²) in [7, 11) is 0. The molecule has 0 radical (unpaired) electrons. The SMILES string of the molecule is CC(Sc1nnc(CN2CCCCC2)n1-c1ccc(F)cc1)C(=O)Nc1ccc([N+](=O)[O-])cc1. The molecule has 1 aliphatic rings. The van der Waals surface area contributed by atoms with E-state index in [4.69, 9.17) is 0 Å². The normalized spacial score (nSPS) is 15.1. The third kappa shape index (κ3) is 5.78. The lowest BCUT2D eigenvalue weighted by Crippen LogP contribution is -2.30. The van der Waals surface area contributed by atoms with Gasteiger partial charge in [-0.1, -0.05) is 18.2 Å². The quantitative estimate of drug-likeness (QED) is 0.287. The maximum Gasteiger partial charge on any atom is 0.269 e. The summed E-state index contributed by atoms with van der Waals surface area (Å²) in [5.74, 6) is 0.128. The molecular formula is C23H25FN6O3S. The molecule has 0 spiro atoms. The number of likely N-dealkylation sites (tertiary alicyclic amines) is 1. The summed E-state index contributed by atoms with van der Waals surface area (Å²) in [6, 6.07) is 11.8. The van der Waals surface area contributed by atoms with Gasteiger partial charge >= 0.3 is 0 Å². The average Bonchev–Trinajstić information content (AvgIpc) is 3.22. The summed E-state index contributed by atoms with van der Waals surface area (Å²) in [6.07, 6.45) is 3.52. The number of carbonyl (C=O) groups excluding carboxylic acids is 1. The minimum atomic E-state index is -0.526. The second-order valence-electron chi connectivity index (χ2n) is 8.10. The number of carbonyl (C=O) groups is 1. The summed E-state index contributed by atoms with van der Waals surface area (Å²) in [6.45, 7) is 4.35. The number of hydrogen-bond acceptors (Lipinski definition) is 7. The third-order valence-electron chi connectivity index (χ3n) is 5.60. The van der Waals surface area contributed by atoms with Crippen LogP contribution in [0.15, 0.2) is 53.7 Å². The Balaban J connectivity index is 1.52. The van der Waals surface area contributed by atoms with Gasteiger partial charge in [-0.15, -0.1) is 10.2 Å². The third-order valence-corrected chi connectivity index (χ3v) is 6.64. The van der Waals surface area contributed by atoms with Crippen molar-refractivity contribution in [1.82, 2.24) is 19.7 Å². The van der Waals surface area contributed by atoms with Crippen LogP contribution in [0.3, 0.4) is 0 Å². The van der Waals surface area contributed by atoms with Gasteiger partial charge in [-0.2, -0.15) is 0 Å². The van der Waals surface area contributed by atoms with Gasteiger partial charge in [0.05, 0.1) is 16.7 Å². The van der Waals surface area contributed by atoms with Crippen LogP contribution in [0.2, 0.25) is 0 Å². The van der Waals surface area contributed by atoms with Gasteiger partial charge < -0.3 is 5.32 Å². The smallest absolute Gasteiger partial charge is 0.269 e. The molecule has 3 aromatic rings. The van der Waals surface area contributed by atoms with Crippen molar-refractivity contribution in [2.24, 2.45) is 0 Å². The summed E-state index contributed by atoms with van der Waals surface area (Å²) in [5.41, 5.74) is 1.15. The van der Waals surface area contributed by atoms with Crippen LogP contribution in [0, 0.1) is 15.9 Å². The van der Waals surface area contributed by atoms with E-state index in [1.54, 1.807) is 19.1 Å². The Bertz CT molecular complexity index is 1150. The molecule has 1 amide bonds. The molecule has 2 heterocycles. The highest BCUT2D eigenvalue weighted by molar-refractivity contribution is 8.00. The average molecular weight is 485 g/mol. The number of anilines is 1. The zero-order valence-corrected chi connectivity index (χ0v) is 19.5. The molecule has 0 bridgehead atoms. The molecule has 11 heteroatoms. The predicted molar refractivity (Wildman–Crippen MR) is 127 cm³/mol. The van der Waals surface area contributed by atoms with E-state index in [9.17, 15) is 19.3 Å². The van der Waals surface area contributed by atoms with Gasteiger partial charge in [0.1, 0.15) is 5.82 Å². The number of aromatic nitrogens is 3. The standard InChI is InChI=1S/C23H25FN6O3S/c1-16(22(31)25-18-7-11-20(12-8-18)30(32)33)34-23-27-26-21(15-28-13-3-2-4-14-28)29(23)19-9-5-17(24)6-10-19/h5-12,16H,2-4,13-15H2,1H3,(H,25,31). The van der Waals surface area contributed by atoms with Crippen molar-refractivity contribution < 1.29 is 14.1 Å². The van der Waals surface area contributed by atoms with Crippen LogP contribution in [0.25, 0.3) is 5.69 Å². The summed E-state index contributed by atoms with van der Waals surface area (Å²) in [4.78, 5) is 25.4. The molecule has 0 aliphatic carbocycles. The van der Waals surface area contributed by atoms with Crippen LogP contribution in [-0.4, -0.2) is 48.8 Å². The highest BCUT2D eigenvalue weighted by atomic mass is 32.2. The van der Waals surface area contributed by atoms with Crippen LogP contribution >= 0.6 is 11.8 Å². The van der Waals surface area contributed by atoms with E-state index in [0.717, 1.165) is 37.4 Å². The highest BCUT2D eigenvalue weighted by Gasteiger charge is 2.23. The maximum absolute atomic E-state index is 13.6. The summed E-state index contributed by atoms with van der Waals surface area (Å²) in [5, 5.41) is 22.3. The van der Waals surface area contributed by atoms with Gasteiger partial charge in [0.2, 0.25) is 5.91 Å². The topological polar surface area (TPSA) is 106 Å². The first kappa shape index (κ1) is 23.8. The van der Waals surface area contributed by atoms with Gasteiger partial charge in [-0.3, -0.25) is 24.4 Å². The fraction of sp³-hybridized carbons (Fsp3) is 0.348. The Labute approximate surface area is 200 Å². The number of nitro groups is 1. The number of nitrogens with zero attached hydrogens (tertiary/aromatic N) is 5. The number of thioether (sulfide) groups is 1. The monoisotopic (exact) mass is 484 g/mol. The van der Waals surface area contributed by atoms with Gasteiger partial charge in [-0.25, -0.2) is 4.39 Å². The maximum atomic E-state index is 13.6. The summed E-state index contributed by atoms with van der Waals surface area (Å²) < 4.78 is 15.4. The number of hydrogen-bond donors (Lipinski definition) is 1. The van der Waals surface area contributed by atoms with E-state index >= 15 is 0 Å². The Morgan fingerprint density at radius 3 is 2.44 bits per heavy atom. The number of non-ortho nitro benzene ring substituents is 1. The molecule has 2 aromatic carbocycles. The Morgan fingerprint density at radius 2 is 1.79 bits per heavy atom. The molecule has 1 atom stereocenters. The molecule has 0 saturated carbocycles. The first-order valence-electron chi connectivity index (χ1n) is 11.1. The van der Waals surface area contributed by atoms with Gasteiger partial charge in [-0.05, 0) is 69.3 Å². The van der Waals surface area contributed by atoms with Gasteiger partial charge in [0, 0.05) is 23.5 Å². The van der Waals surface area contributed by atoms with Crippen molar-refractivity contribution in [2.75, 3.05) is 18.4 Å². The number of benzene rings is 2. The summed E-state index contributed by atoms with van der Waals surface area (Å²) >= 11 is 1.24. The lowest BCUT2D eigenvalue weighted by atomic mass is 10.1. The molecule has 4 rings (SSSR count). The van der Waals surface area contributed by atoms with Crippen LogP contribution in [0.1, 0.15) is 32.0 Å². The van der Waals surface area contributed by atoms with E-state index in [-0.39, 0.29) is 17.4 Å². The van der Waals surface area contributed by atoms with E-state index in [0.29, 0.717) is 17.4 Å². The molecule has 9 nitrogen and oxygen atoms in total. The second-order valence-corrected chi connectivity index (χ2v) is 9.41. The van der Waals surface area contributed by atoms with Gasteiger partial charge in [0.15, 0.2) is 11.0 Å². The van der Waals surface area contributed by atoms with Gasteiger partial charge in [0.25, 0.3) is 5.69 Å². The van der Waals surface area contributed by atoms with Crippen molar-refractivity contribution in [3.8, 4) is 5.69 Å². The molecule has 178 valence electrons. The van der Waals surface area contributed by atoms with Crippen LogP contribution in [-0.2, 0) is 11.3 Å². The molecule has 1 N–H and O–H groups in total. The Hall–Kier alpha value is -3.31. The van der Waals surface area contributed by atoms with Crippen molar-refractivity contribution in [3.05, 3.63) is 70.3 Å². The molecule has 1 unspecified atom stereocenters. The number of rotatable bonds is 8. The first-order valence-corrected chi connectivity index (χ1v) is 11.9. The lowest BCUT2D eigenvalue weighted by Gasteiger charge is -2.26. The minimum Gasteiger partial charge on any atom is -0.325 e. The van der Waals surface area contributed by atoms with E-state index in [2.05, 4.69) is 20.4 Å². The number of nitrogens with one attached hydrogen (secondary N) is 1. The van der Waals surface area contributed by atoms with E-state index in [1.165, 1.54) is 54.6 Å². The first-order chi connectivity index (χ1) is 16.4. The predicted octanol–water partition coefficient (Wildman–Crippen LogP) is 4.42. The number of halogens is 1. The lowest BCUT2D eigenvalue weighted by molar-refractivity contribution is -0.384. The van der Waals surface area contributed by atoms with Crippen molar-refractivity contribution >= 4 is 29.0 Å². The fourth-order valence-electron chi connectivity index (χ4n) is 3.77. The van der Waals surface area contributed by atoms with Crippen molar-refractivity contribution in [1.29, 1.82) is 0 Å². The number of amides is 1. The van der Waals surface area contributed by atoms with E-state index < -0.39 is 10.2 Å². The minimum absolute atomic E-state index is 0.0472. The molecule has 1 aliphatic heterocycles. The zero-order valence-electron chi connectivity index (χ0n) is 18.7. The van der Waals surface area contributed by atoms with E-state index in [1.807, 2.05) is 4.57 Å².